The summed E-state index contributed by atoms with van der Waals surface area (Å²) >= 11 is 0. The smallest absolute Gasteiger partial charge is 0.0991 e. The minimum Gasteiger partial charge on any atom is -0.361 e. The van der Waals surface area contributed by atoms with Crippen LogP contribution in [0.15, 0.2) is 65.4 Å². The Hall–Kier alpha value is -2.86. The highest BCUT2D eigenvalue weighted by Gasteiger charge is 2.12. The number of aromatic nitrogens is 1. The van der Waals surface area contributed by atoms with Crippen molar-refractivity contribution in [2.75, 3.05) is 0 Å². The molecule has 0 fully saturated rings. The second-order valence-electron chi connectivity index (χ2n) is 4.17. The van der Waals surface area contributed by atoms with Gasteiger partial charge in [0, 0.05) is 23.7 Å². The minimum absolute atomic E-state index is 0.657. The third kappa shape index (κ3) is 2.12. The molecule has 3 heteroatoms. The molecule has 2 aromatic rings. The molecule has 0 unspecified atom stereocenters. The highest BCUT2D eigenvalue weighted by atomic mass is 14.8. The molecule has 0 saturated carbocycles. The zero-order chi connectivity index (χ0) is 13.1. The number of nitrogens with zero attached hydrogens (tertiary/aromatic N) is 2. The summed E-state index contributed by atoms with van der Waals surface area (Å²) in [6.07, 6.45) is 7.57. The first-order valence-electron chi connectivity index (χ1n) is 5.98. The molecule has 0 spiro atoms. The van der Waals surface area contributed by atoms with Gasteiger partial charge >= 0.3 is 0 Å². The average Bonchev–Trinajstić information content (AvgIpc) is 3.13. The van der Waals surface area contributed by atoms with Crippen LogP contribution in [0.3, 0.4) is 0 Å². The molecule has 0 saturated heterocycles. The number of H-pyrrole nitrogens is 1. The van der Waals surface area contributed by atoms with E-state index in [4.69, 9.17) is 5.26 Å². The summed E-state index contributed by atoms with van der Waals surface area (Å²) in [5.74, 6) is 0. The van der Waals surface area contributed by atoms with Gasteiger partial charge in [-0.2, -0.15) is 5.26 Å². The number of aromatic amines is 1. The van der Waals surface area contributed by atoms with Gasteiger partial charge in [0.1, 0.15) is 0 Å². The van der Waals surface area contributed by atoms with E-state index in [-0.39, 0.29) is 0 Å². The van der Waals surface area contributed by atoms with Crippen LogP contribution in [0, 0.1) is 11.3 Å². The molecular formula is C16H11N3. The van der Waals surface area contributed by atoms with Crippen LogP contribution in [-0.2, 0) is 0 Å². The van der Waals surface area contributed by atoms with Crippen LogP contribution in [0.1, 0.15) is 16.8 Å². The molecule has 90 valence electrons. The number of allylic oxidation sites excluding steroid dienone is 2. The lowest BCUT2D eigenvalue weighted by Crippen LogP contribution is -1.92. The van der Waals surface area contributed by atoms with E-state index >= 15 is 0 Å². The molecule has 0 bridgehead atoms. The molecule has 0 amide bonds. The van der Waals surface area contributed by atoms with Gasteiger partial charge < -0.3 is 4.98 Å². The zero-order valence-corrected chi connectivity index (χ0v) is 10.2. The molecule has 3 nitrogen and oxygen atoms in total. The van der Waals surface area contributed by atoms with E-state index in [1.165, 1.54) is 0 Å². The molecule has 0 atom stereocenters. The summed E-state index contributed by atoms with van der Waals surface area (Å²) in [5, 5.41) is 8.86. The second kappa shape index (κ2) is 4.79. The van der Waals surface area contributed by atoms with Crippen molar-refractivity contribution in [2.45, 2.75) is 0 Å². The number of aliphatic imine (C=N–C) groups is 1. The van der Waals surface area contributed by atoms with E-state index in [9.17, 15) is 0 Å². The first-order chi connectivity index (χ1) is 9.38. The van der Waals surface area contributed by atoms with Crippen molar-refractivity contribution in [3.05, 3.63) is 77.3 Å². The van der Waals surface area contributed by atoms with Gasteiger partial charge in [0.25, 0.3) is 0 Å². The molecule has 1 aromatic carbocycles. The Morgan fingerprint density at radius 2 is 2.00 bits per heavy atom. The van der Waals surface area contributed by atoms with Gasteiger partial charge in [-0.1, -0.05) is 12.1 Å². The Morgan fingerprint density at radius 1 is 1.16 bits per heavy atom. The number of benzene rings is 1. The van der Waals surface area contributed by atoms with Crippen LogP contribution in [0.4, 0.5) is 0 Å². The molecule has 3 rings (SSSR count). The van der Waals surface area contributed by atoms with Crippen molar-refractivity contribution in [1.82, 2.24) is 4.98 Å². The molecule has 1 aliphatic rings. The first-order valence-corrected chi connectivity index (χ1v) is 5.98. The summed E-state index contributed by atoms with van der Waals surface area (Å²) in [6.45, 7) is 0. The number of nitrogens with one attached hydrogen (secondary N) is 1. The number of nitriles is 1. The highest BCUT2D eigenvalue weighted by molar-refractivity contribution is 5.88. The Balaban J connectivity index is 2.15. The second-order valence-corrected chi connectivity index (χ2v) is 4.17. The Morgan fingerprint density at radius 3 is 2.58 bits per heavy atom. The van der Waals surface area contributed by atoms with Gasteiger partial charge in [-0.15, -0.1) is 0 Å². The van der Waals surface area contributed by atoms with Gasteiger partial charge in [0.05, 0.1) is 17.3 Å². The van der Waals surface area contributed by atoms with Crippen molar-refractivity contribution < 1.29 is 0 Å². The van der Waals surface area contributed by atoms with E-state index < -0.39 is 0 Å². The van der Waals surface area contributed by atoms with Crippen LogP contribution in [0.25, 0.3) is 5.57 Å². The van der Waals surface area contributed by atoms with Gasteiger partial charge in [-0.3, -0.25) is 4.99 Å². The third-order valence-corrected chi connectivity index (χ3v) is 2.98. The van der Waals surface area contributed by atoms with Crippen LogP contribution < -0.4 is 0 Å². The monoisotopic (exact) mass is 245 g/mol. The van der Waals surface area contributed by atoms with Gasteiger partial charge in [-0.25, -0.2) is 0 Å². The van der Waals surface area contributed by atoms with E-state index in [2.05, 4.69) is 16.0 Å². The maximum absolute atomic E-state index is 8.86. The fraction of sp³-hybridized carbons (Fsp3) is 0. The number of hydrogen-bond donors (Lipinski definition) is 1. The van der Waals surface area contributed by atoms with Crippen LogP contribution in [-0.4, -0.2) is 11.2 Å². The van der Waals surface area contributed by atoms with Gasteiger partial charge in [0.2, 0.25) is 0 Å². The quantitative estimate of drug-likeness (QED) is 0.867. The standard InChI is InChI=1S/C16H11N3/c17-11-12-5-7-13(8-6-12)16(14-3-1-9-18-14)15-4-2-10-19-15/h1-10,18H/b16-15-. The summed E-state index contributed by atoms with van der Waals surface area (Å²) in [5.41, 5.74) is 4.68. The molecule has 1 aliphatic heterocycles. The summed E-state index contributed by atoms with van der Waals surface area (Å²) in [6, 6.07) is 13.6. The van der Waals surface area contributed by atoms with Crippen molar-refractivity contribution in [2.24, 2.45) is 4.99 Å². The molecule has 1 aromatic heterocycles. The van der Waals surface area contributed by atoms with Gasteiger partial charge in [-0.05, 0) is 42.0 Å². The SMILES string of the molecule is N#Cc1ccc(/C(=C2\C=CC=N2)c2ccc[nH]2)cc1. The van der Waals surface area contributed by atoms with Crippen molar-refractivity contribution in [3.8, 4) is 6.07 Å². The average molecular weight is 245 g/mol. The predicted molar refractivity (Wildman–Crippen MR) is 75.6 cm³/mol. The van der Waals surface area contributed by atoms with Crippen molar-refractivity contribution in [1.29, 1.82) is 5.26 Å². The lowest BCUT2D eigenvalue weighted by Gasteiger charge is -2.08. The maximum Gasteiger partial charge on any atom is 0.0991 e. The fourth-order valence-electron chi connectivity index (χ4n) is 2.09. The van der Waals surface area contributed by atoms with Crippen molar-refractivity contribution in [3.63, 3.8) is 0 Å². The number of hydrogen-bond acceptors (Lipinski definition) is 2. The molecular weight excluding hydrogens is 234 g/mol. The van der Waals surface area contributed by atoms with E-state index in [1.807, 2.05) is 54.7 Å². The maximum atomic E-state index is 8.86. The fourth-order valence-corrected chi connectivity index (χ4v) is 2.09. The molecule has 1 N–H and O–H groups in total. The third-order valence-electron chi connectivity index (χ3n) is 2.98. The van der Waals surface area contributed by atoms with E-state index in [0.29, 0.717) is 5.56 Å². The normalized spacial score (nSPS) is 15.5. The Labute approximate surface area is 111 Å². The highest BCUT2D eigenvalue weighted by Crippen LogP contribution is 2.28. The van der Waals surface area contributed by atoms with Crippen LogP contribution >= 0.6 is 0 Å². The molecule has 2 heterocycles. The molecule has 19 heavy (non-hydrogen) atoms. The predicted octanol–water partition coefficient (Wildman–Crippen LogP) is 3.29. The zero-order valence-electron chi connectivity index (χ0n) is 10.2. The number of rotatable bonds is 2. The molecule has 0 radical (unpaired) electrons. The summed E-state index contributed by atoms with van der Waals surface area (Å²) < 4.78 is 0. The Kier molecular flexibility index (Phi) is 2.83. The largest absolute Gasteiger partial charge is 0.361 e. The Bertz CT molecular complexity index is 694. The van der Waals surface area contributed by atoms with Crippen molar-refractivity contribution >= 4 is 11.8 Å². The van der Waals surface area contributed by atoms with E-state index in [0.717, 1.165) is 22.5 Å². The minimum atomic E-state index is 0.657. The lowest BCUT2D eigenvalue weighted by atomic mass is 9.99. The van der Waals surface area contributed by atoms with Crippen LogP contribution in [0.5, 0.6) is 0 Å². The summed E-state index contributed by atoms with van der Waals surface area (Å²) in [7, 11) is 0. The van der Waals surface area contributed by atoms with E-state index in [1.54, 1.807) is 6.21 Å². The summed E-state index contributed by atoms with van der Waals surface area (Å²) in [4.78, 5) is 7.58. The van der Waals surface area contributed by atoms with Crippen LogP contribution in [0.2, 0.25) is 0 Å². The topological polar surface area (TPSA) is 51.9 Å². The van der Waals surface area contributed by atoms with Gasteiger partial charge in [0.15, 0.2) is 0 Å². The lowest BCUT2D eigenvalue weighted by molar-refractivity contribution is 1.32. The molecule has 0 aliphatic carbocycles. The first kappa shape index (κ1) is 11.2.